The van der Waals surface area contributed by atoms with Crippen molar-refractivity contribution in [1.82, 2.24) is 4.90 Å². The molecule has 2 N–H and O–H groups in total. The Morgan fingerprint density at radius 1 is 1.27 bits per heavy atom. The lowest BCUT2D eigenvalue weighted by molar-refractivity contribution is -0.00138. The second-order valence-electron chi connectivity index (χ2n) is 7.10. The molecule has 1 aliphatic rings. The molecule has 1 fully saturated rings. The summed E-state index contributed by atoms with van der Waals surface area (Å²) in [4.78, 5) is 26.0. The highest BCUT2D eigenvalue weighted by atomic mass is 16.6. The maximum absolute atomic E-state index is 12.4. The number of hydrogen-bond donors (Lipinski definition) is 2. The molecule has 0 spiro atoms. The molecule has 1 aromatic rings. The lowest BCUT2D eigenvalue weighted by atomic mass is 10.2. The molecule has 0 aliphatic carbocycles. The summed E-state index contributed by atoms with van der Waals surface area (Å²) < 4.78 is 16.0. The first kappa shape index (κ1) is 19.8. The van der Waals surface area contributed by atoms with Crippen LogP contribution in [0.1, 0.15) is 27.7 Å². The van der Waals surface area contributed by atoms with Crippen LogP contribution < -0.4 is 15.4 Å². The predicted molar refractivity (Wildman–Crippen MR) is 98.9 cm³/mol. The molecule has 1 heterocycles. The van der Waals surface area contributed by atoms with E-state index in [1.54, 1.807) is 43.9 Å². The molecular formula is C18H27N3O5. The zero-order valence-electron chi connectivity index (χ0n) is 15.9. The standard InChI is InChI=1S/C18H27N3O5/c1-12-11-21(8-9-25-12)16(22)19-13-6-7-14(15(10-13)24-5)20-17(23)26-18(2,3)4/h6-7,10,12H,8-9,11H2,1-5H3,(H,19,22)(H,20,23). The summed E-state index contributed by atoms with van der Waals surface area (Å²) in [6, 6.07) is 4.79. The van der Waals surface area contributed by atoms with Gasteiger partial charge in [-0.1, -0.05) is 0 Å². The van der Waals surface area contributed by atoms with Gasteiger partial charge in [-0.25, -0.2) is 9.59 Å². The summed E-state index contributed by atoms with van der Waals surface area (Å²) >= 11 is 0. The summed E-state index contributed by atoms with van der Waals surface area (Å²) in [5.74, 6) is 0.420. The number of benzene rings is 1. The average Bonchev–Trinajstić information content (AvgIpc) is 2.54. The molecule has 0 bridgehead atoms. The molecular weight excluding hydrogens is 338 g/mol. The Kier molecular flexibility index (Phi) is 6.31. The van der Waals surface area contributed by atoms with Gasteiger partial charge in [-0.3, -0.25) is 5.32 Å². The van der Waals surface area contributed by atoms with E-state index >= 15 is 0 Å². The summed E-state index contributed by atoms with van der Waals surface area (Å²) in [6.45, 7) is 8.90. The maximum atomic E-state index is 12.4. The molecule has 144 valence electrons. The van der Waals surface area contributed by atoms with Gasteiger partial charge in [0.2, 0.25) is 0 Å². The monoisotopic (exact) mass is 365 g/mol. The maximum Gasteiger partial charge on any atom is 0.412 e. The summed E-state index contributed by atoms with van der Waals surface area (Å²) in [7, 11) is 1.49. The smallest absolute Gasteiger partial charge is 0.412 e. The van der Waals surface area contributed by atoms with Gasteiger partial charge in [-0.05, 0) is 39.8 Å². The molecule has 8 nitrogen and oxygen atoms in total. The molecule has 1 aliphatic heterocycles. The van der Waals surface area contributed by atoms with E-state index in [4.69, 9.17) is 14.2 Å². The van der Waals surface area contributed by atoms with Crippen molar-refractivity contribution in [3.05, 3.63) is 18.2 Å². The molecule has 26 heavy (non-hydrogen) atoms. The Hall–Kier alpha value is -2.48. The highest BCUT2D eigenvalue weighted by molar-refractivity contribution is 5.92. The normalized spacial score (nSPS) is 17.4. The van der Waals surface area contributed by atoms with Gasteiger partial charge in [-0.15, -0.1) is 0 Å². The van der Waals surface area contributed by atoms with E-state index in [1.807, 2.05) is 6.92 Å². The van der Waals surface area contributed by atoms with E-state index < -0.39 is 11.7 Å². The van der Waals surface area contributed by atoms with E-state index in [0.717, 1.165) is 0 Å². The third-order valence-corrected chi connectivity index (χ3v) is 3.62. The Labute approximate surface area is 153 Å². The van der Waals surface area contributed by atoms with E-state index in [2.05, 4.69) is 10.6 Å². The van der Waals surface area contributed by atoms with Crippen molar-refractivity contribution in [2.45, 2.75) is 39.4 Å². The van der Waals surface area contributed by atoms with Crippen molar-refractivity contribution < 1.29 is 23.8 Å². The minimum Gasteiger partial charge on any atom is -0.494 e. The van der Waals surface area contributed by atoms with Gasteiger partial charge >= 0.3 is 12.1 Å². The molecule has 8 heteroatoms. The van der Waals surface area contributed by atoms with Crippen LogP contribution >= 0.6 is 0 Å². The van der Waals surface area contributed by atoms with Crippen LogP contribution in [0.3, 0.4) is 0 Å². The van der Waals surface area contributed by atoms with Crippen LogP contribution in [0.25, 0.3) is 0 Å². The second kappa shape index (κ2) is 8.27. The Morgan fingerprint density at radius 3 is 2.62 bits per heavy atom. The molecule has 0 radical (unpaired) electrons. The summed E-state index contributed by atoms with van der Waals surface area (Å²) in [5.41, 5.74) is 0.432. The van der Waals surface area contributed by atoms with E-state index in [1.165, 1.54) is 7.11 Å². The van der Waals surface area contributed by atoms with E-state index in [-0.39, 0.29) is 12.1 Å². The van der Waals surface area contributed by atoms with E-state index in [0.29, 0.717) is 36.8 Å². The van der Waals surface area contributed by atoms with Gasteiger partial charge in [0, 0.05) is 24.8 Å². The number of carbonyl (C=O) groups is 2. The first-order valence-electron chi connectivity index (χ1n) is 8.53. The minimum atomic E-state index is -0.597. The molecule has 1 unspecified atom stereocenters. The van der Waals surface area contributed by atoms with Crippen LogP contribution in [0.15, 0.2) is 18.2 Å². The number of urea groups is 1. The zero-order chi connectivity index (χ0) is 19.3. The van der Waals surface area contributed by atoms with Crippen molar-refractivity contribution >= 4 is 23.5 Å². The number of morpholine rings is 1. The Morgan fingerprint density at radius 2 is 2.00 bits per heavy atom. The summed E-state index contributed by atoms with van der Waals surface area (Å²) in [6.07, 6.45) is -0.556. The van der Waals surface area contributed by atoms with Crippen molar-refractivity contribution in [3.8, 4) is 5.75 Å². The van der Waals surface area contributed by atoms with Crippen LogP contribution in [0.4, 0.5) is 21.0 Å². The molecule has 3 amide bonds. The number of carbonyl (C=O) groups excluding carboxylic acids is 2. The molecule has 0 saturated carbocycles. The van der Waals surface area contributed by atoms with Crippen molar-refractivity contribution in [1.29, 1.82) is 0 Å². The number of methoxy groups -OCH3 is 1. The van der Waals surface area contributed by atoms with Gasteiger partial charge in [0.25, 0.3) is 0 Å². The number of rotatable bonds is 3. The quantitative estimate of drug-likeness (QED) is 0.858. The van der Waals surface area contributed by atoms with E-state index in [9.17, 15) is 9.59 Å². The highest BCUT2D eigenvalue weighted by Crippen LogP contribution is 2.28. The number of ether oxygens (including phenoxy) is 3. The van der Waals surface area contributed by atoms with Crippen molar-refractivity contribution in [2.75, 3.05) is 37.4 Å². The number of amides is 3. The fourth-order valence-corrected chi connectivity index (χ4v) is 2.49. The first-order chi connectivity index (χ1) is 12.2. The van der Waals surface area contributed by atoms with Gasteiger partial charge in [0.1, 0.15) is 11.4 Å². The first-order valence-corrected chi connectivity index (χ1v) is 8.53. The van der Waals surface area contributed by atoms with Crippen LogP contribution in [0.5, 0.6) is 5.75 Å². The van der Waals surface area contributed by atoms with Crippen molar-refractivity contribution in [2.24, 2.45) is 0 Å². The summed E-state index contributed by atoms with van der Waals surface area (Å²) in [5, 5.41) is 5.48. The average molecular weight is 365 g/mol. The fraction of sp³-hybridized carbons (Fsp3) is 0.556. The Bertz CT molecular complexity index is 657. The van der Waals surface area contributed by atoms with Gasteiger partial charge in [-0.2, -0.15) is 0 Å². The predicted octanol–water partition coefficient (Wildman–Crippen LogP) is 3.29. The number of nitrogens with one attached hydrogen (secondary N) is 2. The SMILES string of the molecule is COc1cc(NC(=O)N2CCOC(C)C2)ccc1NC(=O)OC(C)(C)C. The third kappa shape index (κ3) is 5.80. The number of anilines is 2. The van der Waals surface area contributed by atoms with Crippen LogP contribution in [-0.2, 0) is 9.47 Å². The second-order valence-corrected chi connectivity index (χ2v) is 7.10. The molecule has 0 aromatic heterocycles. The molecule has 1 atom stereocenters. The molecule has 1 aromatic carbocycles. The van der Waals surface area contributed by atoms with Crippen LogP contribution in [0, 0.1) is 0 Å². The van der Waals surface area contributed by atoms with Crippen LogP contribution in [-0.4, -0.2) is 55.5 Å². The zero-order valence-corrected chi connectivity index (χ0v) is 15.9. The number of nitrogens with zero attached hydrogens (tertiary/aromatic N) is 1. The lowest BCUT2D eigenvalue weighted by Crippen LogP contribution is -2.46. The topological polar surface area (TPSA) is 89.1 Å². The van der Waals surface area contributed by atoms with Crippen LogP contribution in [0.2, 0.25) is 0 Å². The molecule has 2 rings (SSSR count). The lowest BCUT2D eigenvalue weighted by Gasteiger charge is -2.31. The highest BCUT2D eigenvalue weighted by Gasteiger charge is 2.22. The van der Waals surface area contributed by atoms with Gasteiger partial charge in [0.15, 0.2) is 0 Å². The van der Waals surface area contributed by atoms with Crippen molar-refractivity contribution in [3.63, 3.8) is 0 Å². The molecule has 1 saturated heterocycles. The minimum absolute atomic E-state index is 0.0180. The van der Waals surface area contributed by atoms with Gasteiger partial charge in [0.05, 0.1) is 25.5 Å². The number of hydrogen-bond acceptors (Lipinski definition) is 5. The Balaban J connectivity index is 2.03. The largest absolute Gasteiger partial charge is 0.494 e. The third-order valence-electron chi connectivity index (χ3n) is 3.62. The fourth-order valence-electron chi connectivity index (χ4n) is 2.49. The van der Waals surface area contributed by atoms with Gasteiger partial charge < -0.3 is 24.4 Å².